The summed E-state index contributed by atoms with van der Waals surface area (Å²) in [4.78, 5) is 12.3. The van der Waals surface area contributed by atoms with Crippen molar-refractivity contribution < 1.29 is 9.53 Å². The summed E-state index contributed by atoms with van der Waals surface area (Å²) in [5, 5.41) is 9.22. The number of nitrogens with zero attached hydrogens (tertiary/aromatic N) is 1. The van der Waals surface area contributed by atoms with Gasteiger partial charge in [0.1, 0.15) is 5.92 Å². The number of rotatable bonds is 4. The maximum Gasteiger partial charge on any atom is 0.317 e. The minimum absolute atomic E-state index is 0.316. The Kier molecular flexibility index (Phi) is 4.52. The van der Waals surface area contributed by atoms with Crippen LogP contribution in [0.1, 0.15) is 29.5 Å². The summed E-state index contributed by atoms with van der Waals surface area (Å²) >= 11 is 0. The molecule has 0 heterocycles. The van der Waals surface area contributed by atoms with Crippen molar-refractivity contribution in [3.8, 4) is 6.07 Å². The smallest absolute Gasteiger partial charge is 0.317 e. The Hall–Kier alpha value is -2.60. The number of hydrogen-bond acceptors (Lipinski definition) is 3. The predicted octanol–water partition coefficient (Wildman–Crippen LogP) is 3.25. The third kappa shape index (κ3) is 2.86. The van der Waals surface area contributed by atoms with E-state index in [0.29, 0.717) is 17.7 Å². The number of hydrogen-bond donors (Lipinski definition) is 0. The van der Waals surface area contributed by atoms with Gasteiger partial charge in [-0.05, 0) is 24.1 Å². The first-order valence-corrected chi connectivity index (χ1v) is 6.48. The largest absolute Gasteiger partial charge is 0.465 e. The molecule has 0 bridgehead atoms. The fourth-order valence-electron chi connectivity index (χ4n) is 2.16. The molecule has 0 aliphatic carbocycles. The van der Waals surface area contributed by atoms with E-state index >= 15 is 0 Å². The second-order valence-corrected chi connectivity index (χ2v) is 4.29. The molecule has 3 nitrogen and oxygen atoms in total. The highest BCUT2D eigenvalue weighted by Gasteiger charge is 2.26. The summed E-state index contributed by atoms with van der Waals surface area (Å²) in [6.45, 7) is 2.09. The minimum Gasteiger partial charge on any atom is -0.465 e. The molecule has 100 valence electrons. The van der Waals surface area contributed by atoms with Crippen molar-refractivity contribution >= 4 is 5.97 Å². The van der Waals surface area contributed by atoms with Gasteiger partial charge in [0.2, 0.25) is 0 Å². The Balaban J connectivity index is 2.53. The van der Waals surface area contributed by atoms with Gasteiger partial charge in [-0.25, -0.2) is 0 Å². The van der Waals surface area contributed by atoms with Gasteiger partial charge < -0.3 is 4.74 Å². The normalized spacial score (nSPS) is 11.4. The monoisotopic (exact) mass is 265 g/mol. The van der Waals surface area contributed by atoms with Crippen LogP contribution < -0.4 is 0 Å². The highest BCUT2D eigenvalue weighted by atomic mass is 16.5. The number of esters is 1. The molecule has 0 fully saturated rings. The molecule has 2 rings (SSSR count). The summed E-state index contributed by atoms with van der Waals surface area (Å²) in [5.74, 6) is -0.895. The lowest BCUT2D eigenvalue weighted by molar-refractivity contribution is -0.143. The summed E-state index contributed by atoms with van der Waals surface area (Å²) in [6, 6.07) is 18.6. The third-order valence-electron chi connectivity index (χ3n) is 3.05. The summed E-state index contributed by atoms with van der Waals surface area (Å²) in [5.41, 5.74) is 2.00. The molecule has 0 saturated heterocycles. The lowest BCUT2D eigenvalue weighted by atomic mass is 9.88. The second kappa shape index (κ2) is 6.53. The van der Waals surface area contributed by atoms with Gasteiger partial charge in [-0.1, -0.05) is 48.5 Å². The zero-order chi connectivity index (χ0) is 14.4. The fraction of sp³-hybridized carbons (Fsp3) is 0.176. The molecular formula is C17H15NO2. The number of carbonyl (C=O) groups is 1. The maximum absolute atomic E-state index is 12.3. The molecule has 0 N–H and O–H groups in total. The van der Waals surface area contributed by atoms with Crippen molar-refractivity contribution in [3.63, 3.8) is 0 Å². The Morgan fingerprint density at radius 2 is 1.80 bits per heavy atom. The first-order chi connectivity index (χ1) is 9.77. The van der Waals surface area contributed by atoms with Gasteiger partial charge in [0.15, 0.2) is 0 Å². The van der Waals surface area contributed by atoms with Crippen LogP contribution in [0, 0.1) is 11.3 Å². The predicted molar refractivity (Wildman–Crippen MR) is 76.1 cm³/mol. The van der Waals surface area contributed by atoms with E-state index in [1.54, 1.807) is 25.1 Å². The fourth-order valence-corrected chi connectivity index (χ4v) is 2.16. The van der Waals surface area contributed by atoms with E-state index in [9.17, 15) is 10.1 Å². The number of ether oxygens (including phenoxy) is 1. The second-order valence-electron chi connectivity index (χ2n) is 4.29. The zero-order valence-electron chi connectivity index (χ0n) is 11.2. The molecule has 0 saturated carbocycles. The van der Waals surface area contributed by atoms with Crippen LogP contribution in [0.15, 0.2) is 54.6 Å². The van der Waals surface area contributed by atoms with Crippen molar-refractivity contribution in [1.29, 1.82) is 5.26 Å². The molecule has 0 amide bonds. The number of nitriles is 1. The molecule has 20 heavy (non-hydrogen) atoms. The van der Waals surface area contributed by atoms with Gasteiger partial charge in [0.05, 0.1) is 18.2 Å². The quantitative estimate of drug-likeness (QED) is 0.797. The van der Waals surface area contributed by atoms with Crippen LogP contribution >= 0.6 is 0 Å². The van der Waals surface area contributed by atoms with Crippen molar-refractivity contribution in [2.75, 3.05) is 6.61 Å². The molecule has 3 heteroatoms. The molecule has 2 aromatic carbocycles. The van der Waals surface area contributed by atoms with Crippen LogP contribution in [0.2, 0.25) is 0 Å². The van der Waals surface area contributed by atoms with Crippen LogP contribution in [0.3, 0.4) is 0 Å². The Labute approximate surface area is 118 Å². The molecule has 0 radical (unpaired) electrons. The van der Waals surface area contributed by atoms with E-state index < -0.39 is 5.92 Å². The molecule has 2 aromatic rings. The summed E-state index contributed by atoms with van der Waals surface area (Å²) in [6.07, 6.45) is 0. The van der Waals surface area contributed by atoms with Crippen molar-refractivity contribution in [1.82, 2.24) is 0 Å². The Morgan fingerprint density at radius 3 is 2.45 bits per heavy atom. The van der Waals surface area contributed by atoms with Crippen LogP contribution in [-0.4, -0.2) is 12.6 Å². The molecular weight excluding hydrogens is 250 g/mol. The van der Waals surface area contributed by atoms with Crippen LogP contribution in [-0.2, 0) is 9.53 Å². The van der Waals surface area contributed by atoms with E-state index in [0.717, 1.165) is 5.56 Å². The number of benzene rings is 2. The van der Waals surface area contributed by atoms with Crippen LogP contribution in [0.4, 0.5) is 0 Å². The third-order valence-corrected chi connectivity index (χ3v) is 3.05. The lowest BCUT2D eigenvalue weighted by Gasteiger charge is -2.17. The molecule has 0 aromatic heterocycles. The SMILES string of the molecule is CCOC(=O)C(c1ccccc1)c1ccccc1C#N. The van der Waals surface area contributed by atoms with E-state index in [4.69, 9.17) is 4.74 Å². The topological polar surface area (TPSA) is 50.1 Å². The summed E-state index contributed by atoms with van der Waals surface area (Å²) < 4.78 is 5.16. The molecule has 0 aliphatic rings. The van der Waals surface area contributed by atoms with Gasteiger partial charge in [-0.3, -0.25) is 4.79 Å². The van der Waals surface area contributed by atoms with E-state index in [1.165, 1.54) is 0 Å². The standard InChI is InChI=1S/C17H15NO2/c1-2-20-17(19)16(13-8-4-3-5-9-13)15-11-7-6-10-14(15)12-18/h3-11,16H,2H2,1H3. The first kappa shape index (κ1) is 13.8. The first-order valence-electron chi connectivity index (χ1n) is 6.48. The van der Waals surface area contributed by atoms with Crippen molar-refractivity contribution in [3.05, 3.63) is 71.3 Å². The molecule has 1 unspecified atom stereocenters. The Bertz CT molecular complexity index is 629. The average Bonchev–Trinajstić information content (AvgIpc) is 2.49. The highest BCUT2D eigenvalue weighted by molar-refractivity contribution is 5.83. The molecule has 0 spiro atoms. The Morgan fingerprint density at radius 1 is 1.15 bits per heavy atom. The molecule has 1 atom stereocenters. The van der Waals surface area contributed by atoms with Crippen LogP contribution in [0.25, 0.3) is 0 Å². The van der Waals surface area contributed by atoms with Gasteiger partial charge in [0.25, 0.3) is 0 Å². The van der Waals surface area contributed by atoms with Crippen molar-refractivity contribution in [2.24, 2.45) is 0 Å². The van der Waals surface area contributed by atoms with Gasteiger partial charge in [-0.2, -0.15) is 5.26 Å². The van der Waals surface area contributed by atoms with E-state index in [1.807, 2.05) is 36.4 Å². The molecule has 0 aliphatic heterocycles. The summed E-state index contributed by atoms with van der Waals surface area (Å²) in [7, 11) is 0. The lowest BCUT2D eigenvalue weighted by Crippen LogP contribution is -2.18. The maximum atomic E-state index is 12.3. The van der Waals surface area contributed by atoms with Crippen molar-refractivity contribution in [2.45, 2.75) is 12.8 Å². The van der Waals surface area contributed by atoms with Crippen LogP contribution in [0.5, 0.6) is 0 Å². The van der Waals surface area contributed by atoms with E-state index in [-0.39, 0.29) is 5.97 Å². The van der Waals surface area contributed by atoms with Gasteiger partial charge >= 0.3 is 5.97 Å². The number of carbonyl (C=O) groups excluding carboxylic acids is 1. The zero-order valence-corrected chi connectivity index (χ0v) is 11.2. The van der Waals surface area contributed by atoms with Gasteiger partial charge in [-0.15, -0.1) is 0 Å². The van der Waals surface area contributed by atoms with Gasteiger partial charge in [0, 0.05) is 0 Å². The highest BCUT2D eigenvalue weighted by Crippen LogP contribution is 2.28. The van der Waals surface area contributed by atoms with E-state index in [2.05, 4.69) is 6.07 Å². The average molecular weight is 265 g/mol. The minimum atomic E-state index is -0.563.